The summed E-state index contributed by atoms with van der Waals surface area (Å²) >= 11 is 11.9. The summed E-state index contributed by atoms with van der Waals surface area (Å²) in [7, 11) is 2.22. The van der Waals surface area contributed by atoms with Crippen LogP contribution < -0.4 is 12.4 Å². The second kappa shape index (κ2) is 9.46. The molecule has 0 aromatic heterocycles. The third-order valence-corrected chi connectivity index (χ3v) is 3.34. The van der Waals surface area contributed by atoms with Gasteiger partial charge < -0.3 is 16.9 Å². The molecular weight excluding hydrogens is 313 g/mol. The average Bonchev–Trinajstić information content (AvgIpc) is 2.36. The molecule has 0 spiro atoms. The first-order valence-electron chi connectivity index (χ1n) is 6.43. The number of quaternary nitrogens is 1. The molecular formula is C16H22Cl3N. The minimum absolute atomic E-state index is 0. The lowest BCUT2D eigenvalue weighted by Crippen LogP contribution is -3.00. The topological polar surface area (TPSA) is 0 Å². The van der Waals surface area contributed by atoms with E-state index in [1.54, 1.807) is 0 Å². The van der Waals surface area contributed by atoms with Crippen LogP contribution in [0.25, 0.3) is 0 Å². The molecule has 0 saturated carbocycles. The van der Waals surface area contributed by atoms with Crippen molar-refractivity contribution in [2.75, 3.05) is 20.1 Å². The Kier molecular flexibility index (Phi) is 9.24. The number of hydrogen-bond donors (Lipinski definition) is 0. The van der Waals surface area contributed by atoms with Crippen molar-refractivity contribution >= 4 is 23.2 Å². The Bertz CT molecular complexity index is 424. The second-order valence-corrected chi connectivity index (χ2v) is 6.40. The maximum Gasteiger partial charge on any atom is 0.105 e. The van der Waals surface area contributed by atoms with Crippen LogP contribution in [0.1, 0.15) is 19.4 Å². The standard InChI is InChI=1S/C16H22Cl2N.ClH/c1-14(17)9-11-19(3,12-10-15(2)18)13-16-7-5-4-6-8-16;/h4-10H,11-13H2,1-3H3;1H/q+1;/p-1/b14-9-,15-10+;. The van der Waals surface area contributed by atoms with Crippen molar-refractivity contribution in [2.45, 2.75) is 20.4 Å². The molecule has 20 heavy (non-hydrogen) atoms. The molecule has 0 aliphatic carbocycles. The molecule has 1 nitrogen and oxygen atoms in total. The summed E-state index contributed by atoms with van der Waals surface area (Å²) in [5, 5.41) is 1.67. The summed E-state index contributed by atoms with van der Waals surface area (Å²) < 4.78 is 0.859. The van der Waals surface area contributed by atoms with Gasteiger partial charge in [-0.1, -0.05) is 53.5 Å². The largest absolute Gasteiger partial charge is 1.00 e. The van der Waals surface area contributed by atoms with E-state index >= 15 is 0 Å². The molecule has 0 N–H and O–H groups in total. The summed E-state index contributed by atoms with van der Waals surface area (Å²) in [5.74, 6) is 0. The first-order chi connectivity index (χ1) is 8.91. The van der Waals surface area contributed by atoms with Gasteiger partial charge in [0.25, 0.3) is 0 Å². The van der Waals surface area contributed by atoms with Gasteiger partial charge in [0.15, 0.2) is 0 Å². The van der Waals surface area contributed by atoms with Gasteiger partial charge in [0.2, 0.25) is 0 Å². The second-order valence-electron chi connectivity index (χ2n) is 5.21. The predicted octanol–water partition coefficient (Wildman–Crippen LogP) is 1.92. The van der Waals surface area contributed by atoms with Gasteiger partial charge in [-0.25, -0.2) is 0 Å². The molecule has 0 heterocycles. The third kappa shape index (κ3) is 7.96. The number of hydrogen-bond acceptors (Lipinski definition) is 0. The van der Waals surface area contributed by atoms with Gasteiger partial charge in [-0.3, -0.25) is 0 Å². The van der Waals surface area contributed by atoms with E-state index in [2.05, 4.69) is 43.5 Å². The minimum atomic E-state index is 0. The summed E-state index contributed by atoms with van der Waals surface area (Å²) in [6.45, 7) is 6.58. The molecule has 0 radical (unpaired) electrons. The van der Waals surface area contributed by atoms with Crippen LogP contribution in [-0.2, 0) is 6.54 Å². The Morgan fingerprint density at radius 3 is 1.85 bits per heavy atom. The first kappa shape index (κ1) is 19.5. The molecule has 1 unspecified atom stereocenters. The Hall–Kier alpha value is -0.470. The predicted molar refractivity (Wildman–Crippen MR) is 85.3 cm³/mol. The zero-order valence-electron chi connectivity index (χ0n) is 12.2. The molecule has 0 fully saturated rings. The van der Waals surface area contributed by atoms with Crippen LogP contribution in [0.2, 0.25) is 0 Å². The molecule has 1 aromatic rings. The highest BCUT2D eigenvalue weighted by molar-refractivity contribution is 6.29. The van der Waals surface area contributed by atoms with E-state index in [9.17, 15) is 0 Å². The molecule has 0 amide bonds. The molecule has 0 bridgehead atoms. The van der Waals surface area contributed by atoms with E-state index in [0.717, 1.165) is 34.2 Å². The average molecular weight is 335 g/mol. The van der Waals surface area contributed by atoms with Crippen LogP contribution in [0.3, 0.4) is 0 Å². The zero-order chi connectivity index (χ0) is 14.3. The molecule has 1 aromatic carbocycles. The van der Waals surface area contributed by atoms with Gasteiger partial charge in [0, 0.05) is 15.6 Å². The monoisotopic (exact) mass is 333 g/mol. The highest BCUT2D eigenvalue weighted by Gasteiger charge is 2.19. The summed E-state index contributed by atoms with van der Waals surface area (Å²) in [4.78, 5) is 0. The van der Waals surface area contributed by atoms with Crippen LogP contribution in [0, 0.1) is 0 Å². The van der Waals surface area contributed by atoms with E-state index in [1.807, 2.05) is 19.9 Å². The fourth-order valence-corrected chi connectivity index (χ4v) is 2.06. The molecule has 4 heteroatoms. The van der Waals surface area contributed by atoms with Crippen molar-refractivity contribution in [3.63, 3.8) is 0 Å². The van der Waals surface area contributed by atoms with Crippen LogP contribution >= 0.6 is 23.2 Å². The number of allylic oxidation sites excluding steroid dienone is 2. The molecule has 0 aliphatic heterocycles. The van der Waals surface area contributed by atoms with E-state index < -0.39 is 0 Å². The maximum absolute atomic E-state index is 5.96. The van der Waals surface area contributed by atoms with Gasteiger partial charge >= 0.3 is 0 Å². The van der Waals surface area contributed by atoms with Crippen LogP contribution in [-0.4, -0.2) is 24.6 Å². The van der Waals surface area contributed by atoms with Gasteiger partial charge in [-0.05, 0) is 26.0 Å². The minimum Gasteiger partial charge on any atom is -1.00 e. The van der Waals surface area contributed by atoms with Crippen LogP contribution in [0.15, 0.2) is 52.5 Å². The highest BCUT2D eigenvalue weighted by Crippen LogP contribution is 2.15. The van der Waals surface area contributed by atoms with E-state index in [0.29, 0.717) is 0 Å². The fraction of sp³-hybridized carbons (Fsp3) is 0.375. The molecule has 1 rings (SSSR count). The maximum atomic E-state index is 5.96. The molecule has 112 valence electrons. The lowest BCUT2D eigenvalue weighted by molar-refractivity contribution is -0.911. The number of benzene rings is 1. The van der Waals surface area contributed by atoms with Crippen molar-refractivity contribution in [3.8, 4) is 0 Å². The molecule has 0 aliphatic rings. The quantitative estimate of drug-likeness (QED) is 0.697. The first-order valence-corrected chi connectivity index (χ1v) is 7.19. The van der Waals surface area contributed by atoms with Crippen molar-refractivity contribution in [3.05, 3.63) is 58.1 Å². The van der Waals surface area contributed by atoms with Crippen molar-refractivity contribution in [2.24, 2.45) is 0 Å². The Morgan fingerprint density at radius 2 is 1.45 bits per heavy atom. The Morgan fingerprint density at radius 1 is 1.00 bits per heavy atom. The lowest BCUT2D eigenvalue weighted by atomic mass is 10.2. The van der Waals surface area contributed by atoms with Crippen LogP contribution in [0.5, 0.6) is 0 Å². The number of halogens is 3. The highest BCUT2D eigenvalue weighted by atomic mass is 35.5. The van der Waals surface area contributed by atoms with E-state index in [1.165, 1.54) is 5.56 Å². The fourth-order valence-electron chi connectivity index (χ4n) is 1.92. The molecule has 0 saturated heterocycles. The van der Waals surface area contributed by atoms with Gasteiger partial charge in [-0.15, -0.1) is 0 Å². The normalized spacial score (nSPS) is 15.4. The number of likely N-dealkylation sites (N-methyl/N-ethyl adjacent to an activating group) is 1. The van der Waals surface area contributed by atoms with Crippen LogP contribution in [0.4, 0.5) is 0 Å². The Balaban J connectivity index is 0.00000361. The van der Waals surface area contributed by atoms with Crippen molar-refractivity contribution in [1.82, 2.24) is 0 Å². The van der Waals surface area contributed by atoms with Crippen molar-refractivity contribution < 1.29 is 16.9 Å². The van der Waals surface area contributed by atoms with Crippen molar-refractivity contribution in [1.29, 1.82) is 0 Å². The SMILES string of the molecule is C/C(Cl)=C/C[N+](C)(C/C=C(\C)Cl)Cc1ccccc1.[Cl-]. The lowest BCUT2D eigenvalue weighted by Gasteiger charge is -2.33. The van der Waals surface area contributed by atoms with Gasteiger partial charge in [-0.2, -0.15) is 0 Å². The molecule has 1 atom stereocenters. The number of nitrogens with zero attached hydrogens (tertiary/aromatic N) is 1. The summed E-state index contributed by atoms with van der Waals surface area (Å²) in [6.07, 6.45) is 4.14. The number of rotatable bonds is 6. The third-order valence-electron chi connectivity index (χ3n) is 3.03. The summed E-state index contributed by atoms with van der Waals surface area (Å²) in [6, 6.07) is 10.5. The van der Waals surface area contributed by atoms with E-state index in [-0.39, 0.29) is 12.4 Å². The van der Waals surface area contributed by atoms with Gasteiger partial charge in [0.1, 0.15) is 6.54 Å². The Labute approximate surface area is 138 Å². The summed E-state index contributed by atoms with van der Waals surface area (Å²) in [5.41, 5.74) is 1.33. The van der Waals surface area contributed by atoms with Gasteiger partial charge in [0.05, 0.1) is 20.1 Å². The van der Waals surface area contributed by atoms with E-state index in [4.69, 9.17) is 23.2 Å². The smallest absolute Gasteiger partial charge is 0.105 e. The zero-order valence-corrected chi connectivity index (χ0v) is 14.5.